The summed E-state index contributed by atoms with van der Waals surface area (Å²) in [6.07, 6.45) is 8.85. The van der Waals surface area contributed by atoms with Crippen molar-refractivity contribution < 1.29 is 48.8 Å². The van der Waals surface area contributed by atoms with Gasteiger partial charge in [-0.25, -0.2) is 0 Å². The molecule has 0 aromatic heterocycles. The van der Waals surface area contributed by atoms with Crippen LogP contribution in [0, 0.1) is 0 Å². The molecule has 0 amide bonds. The van der Waals surface area contributed by atoms with Crippen molar-refractivity contribution in [1.82, 2.24) is 0 Å². The molecule has 1 fully saturated rings. The molecule has 1 saturated carbocycles. The van der Waals surface area contributed by atoms with Crippen molar-refractivity contribution >= 4 is 56.2 Å². The van der Waals surface area contributed by atoms with Crippen molar-refractivity contribution in [2.45, 2.75) is 166 Å². The van der Waals surface area contributed by atoms with E-state index in [0.29, 0.717) is 49.1 Å². The molecular formula is C56H74N4O10-2. The quantitative estimate of drug-likeness (QED) is 0.0139. The number of hydrogen-bond acceptors (Lipinski definition) is 14. The lowest BCUT2D eigenvalue weighted by Gasteiger charge is -2.62. The van der Waals surface area contributed by atoms with Gasteiger partial charge in [0.2, 0.25) is 0 Å². The van der Waals surface area contributed by atoms with Crippen LogP contribution in [-0.4, -0.2) is 74.7 Å². The molecule has 14 heteroatoms. The summed E-state index contributed by atoms with van der Waals surface area (Å²) in [7, 11) is 0. The molecule has 70 heavy (non-hydrogen) atoms. The Morgan fingerprint density at radius 2 is 0.871 bits per heavy atom. The third-order valence-electron chi connectivity index (χ3n) is 13.9. The van der Waals surface area contributed by atoms with Gasteiger partial charge in [-0.1, -0.05) is 129 Å². The number of carbonyl (C=O) groups excluding carboxylic acids is 2. The molecule has 380 valence electrons. The van der Waals surface area contributed by atoms with Gasteiger partial charge in [0.25, 0.3) is 0 Å². The van der Waals surface area contributed by atoms with Crippen molar-refractivity contribution in [2.24, 2.45) is 0 Å². The summed E-state index contributed by atoms with van der Waals surface area (Å²) in [5.74, 6) is -1.77. The minimum absolute atomic E-state index is 0.0205. The van der Waals surface area contributed by atoms with E-state index in [1.807, 2.05) is 60.7 Å². The highest BCUT2D eigenvalue weighted by molar-refractivity contribution is 6.07. The second kappa shape index (κ2) is 25.5. The Morgan fingerprint density at radius 1 is 0.500 bits per heavy atom. The van der Waals surface area contributed by atoms with Crippen LogP contribution in [0.25, 0.3) is 21.5 Å². The number of esters is 2. The fraction of sp³-hybridized carbons (Fsp3) is 0.536. The minimum atomic E-state index is -1.25. The van der Waals surface area contributed by atoms with E-state index in [9.17, 15) is 19.8 Å². The monoisotopic (exact) mass is 963 g/mol. The van der Waals surface area contributed by atoms with Crippen LogP contribution in [0.2, 0.25) is 0 Å². The Bertz CT molecular complexity index is 2320. The number of anilines is 4. The zero-order valence-corrected chi connectivity index (χ0v) is 41.6. The molecule has 2 heterocycles. The molecule has 3 aliphatic rings. The Morgan fingerprint density at radius 3 is 1.29 bits per heavy atom. The Labute approximate surface area is 413 Å². The molecular weight excluding hydrogens is 889 g/mol. The number of hydrogen-bond donors (Lipinski definition) is 4. The average molecular weight is 963 g/mol. The molecule has 0 spiro atoms. The SMILES string of the molecule is C=C(OOCCCCC)C1Nc2cccc3c(C4C([O-])C(c5ccc6c7c(cccc57)NC(CC(=O)OCCCCC)C(CC(=O)OCCCCC)N6)C4[O-])ccc(c23)NC1C(=C)OOCCCCC. The molecule has 7 rings (SSSR count). The van der Waals surface area contributed by atoms with Crippen molar-refractivity contribution in [2.75, 3.05) is 47.7 Å². The van der Waals surface area contributed by atoms with E-state index in [1.54, 1.807) is 0 Å². The molecule has 4 aromatic rings. The summed E-state index contributed by atoms with van der Waals surface area (Å²) >= 11 is 0. The van der Waals surface area contributed by atoms with Crippen LogP contribution in [0.5, 0.6) is 0 Å². The van der Waals surface area contributed by atoms with Gasteiger partial charge >= 0.3 is 11.9 Å². The van der Waals surface area contributed by atoms with E-state index in [4.69, 9.17) is 29.0 Å². The maximum Gasteiger partial charge on any atom is 0.307 e. The van der Waals surface area contributed by atoms with E-state index < -0.39 is 48.2 Å². The highest BCUT2D eigenvalue weighted by Gasteiger charge is 2.42. The Kier molecular flexibility index (Phi) is 19.1. The zero-order chi connectivity index (χ0) is 49.6. The minimum Gasteiger partial charge on any atom is -0.851 e. The predicted molar refractivity (Wildman–Crippen MR) is 272 cm³/mol. The Balaban J connectivity index is 1.15. The fourth-order valence-electron chi connectivity index (χ4n) is 10.0. The molecule has 2 aliphatic heterocycles. The fourth-order valence-corrected chi connectivity index (χ4v) is 10.0. The number of unbranched alkanes of at least 4 members (excludes halogenated alkanes) is 8. The van der Waals surface area contributed by atoms with Crippen LogP contribution < -0.4 is 31.5 Å². The van der Waals surface area contributed by atoms with Crippen molar-refractivity contribution in [1.29, 1.82) is 0 Å². The summed E-state index contributed by atoms with van der Waals surface area (Å²) in [4.78, 5) is 49.2. The maximum atomic E-state index is 14.8. The highest BCUT2D eigenvalue weighted by atomic mass is 17.2. The van der Waals surface area contributed by atoms with Crippen LogP contribution in [0.4, 0.5) is 22.7 Å². The number of nitrogens with one attached hydrogen (secondary N) is 4. The molecule has 4 aromatic carbocycles. The van der Waals surface area contributed by atoms with Gasteiger partial charge in [-0.2, -0.15) is 9.78 Å². The third kappa shape index (κ3) is 12.3. The van der Waals surface area contributed by atoms with Crippen LogP contribution in [0.1, 0.15) is 141 Å². The molecule has 14 nitrogen and oxygen atoms in total. The van der Waals surface area contributed by atoms with E-state index in [2.05, 4.69) is 62.1 Å². The van der Waals surface area contributed by atoms with Gasteiger partial charge in [-0.15, -0.1) is 12.2 Å². The predicted octanol–water partition coefficient (Wildman–Crippen LogP) is 10.0. The van der Waals surface area contributed by atoms with Gasteiger partial charge in [0.15, 0.2) is 11.5 Å². The second-order valence-corrected chi connectivity index (χ2v) is 19.0. The number of ether oxygens (including phenoxy) is 2. The summed E-state index contributed by atoms with van der Waals surface area (Å²) in [6, 6.07) is 16.8. The summed E-state index contributed by atoms with van der Waals surface area (Å²) in [5, 5.41) is 47.0. The van der Waals surface area contributed by atoms with Crippen LogP contribution in [0.3, 0.4) is 0 Å². The van der Waals surface area contributed by atoms with Crippen LogP contribution >= 0.6 is 0 Å². The van der Waals surface area contributed by atoms with Crippen LogP contribution in [-0.2, 0) is 38.6 Å². The van der Waals surface area contributed by atoms with E-state index in [-0.39, 0.29) is 24.8 Å². The maximum absolute atomic E-state index is 14.8. The summed E-state index contributed by atoms with van der Waals surface area (Å²) < 4.78 is 11.3. The van der Waals surface area contributed by atoms with E-state index >= 15 is 0 Å². The van der Waals surface area contributed by atoms with E-state index in [1.165, 1.54) is 0 Å². The summed E-state index contributed by atoms with van der Waals surface area (Å²) in [6.45, 7) is 18.4. The smallest absolute Gasteiger partial charge is 0.307 e. The standard InChI is InChI=1S/C56H74N4O10/c1-7-11-15-29-65-47(61)33-45-46(34-48(62)66-30-16-12-8-2)58-43-27-25-39(37-21-19-23-41(57-45)49(37)43)51-55(63)52(56(51)64)40-26-28-44-50-38(40)22-20-24-42(50)59-53(35(5)69-67-31-17-13-9-3)54(60-44)36(6)70-68-32-18-14-10-4/h19-28,45-46,51-60H,5-18,29-34H2,1-4H3/q-2. The van der Waals surface area contributed by atoms with Gasteiger partial charge in [0.1, 0.15) is 12.1 Å². The topological polar surface area (TPSA) is 184 Å². The first-order valence-corrected chi connectivity index (χ1v) is 25.9. The molecule has 0 radical (unpaired) electrons. The van der Waals surface area contributed by atoms with Gasteiger partial charge in [-0.05, 0) is 83.7 Å². The van der Waals surface area contributed by atoms with Gasteiger partial charge in [0.05, 0.1) is 51.4 Å². The lowest BCUT2D eigenvalue weighted by Crippen LogP contribution is -2.63. The lowest BCUT2D eigenvalue weighted by atomic mass is 9.62. The molecule has 4 N–H and O–H groups in total. The van der Waals surface area contributed by atoms with Crippen molar-refractivity contribution in [3.05, 3.63) is 96.5 Å². The first-order chi connectivity index (χ1) is 34.1. The van der Waals surface area contributed by atoms with Crippen molar-refractivity contribution in [3.8, 4) is 0 Å². The summed E-state index contributed by atoms with van der Waals surface area (Å²) in [5.41, 5.74) is 4.29. The normalized spacial score (nSPS) is 22.3. The molecule has 1 aliphatic carbocycles. The number of carbonyl (C=O) groups is 2. The molecule has 0 saturated heterocycles. The average Bonchev–Trinajstić information content (AvgIpc) is 3.62. The highest BCUT2D eigenvalue weighted by Crippen LogP contribution is 2.52. The van der Waals surface area contributed by atoms with Gasteiger partial charge < -0.3 is 50.7 Å². The second-order valence-electron chi connectivity index (χ2n) is 19.0. The van der Waals surface area contributed by atoms with Crippen molar-refractivity contribution in [3.63, 3.8) is 0 Å². The molecule has 6 unspecified atom stereocenters. The first-order valence-electron chi connectivity index (χ1n) is 25.9. The van der Waals surface area contributed by atoms with Gasteiger partial charge in [0, 0.05) is 33.5 Å². The number of rotatable bonds is 28. The Hall–Kier alpha value is -5.54. The largest absolute Gasteiger partial charge is 0.851 e. The first kappa shape index (κ1) is 52.3. The zero-order valence-electron chi connectivity index (χ0n) is 41.6. The van der Waals surface area contributed by atoms with Gasteiger partial charge in [-0.3, -0.25) is 9.59 Å². The molecule has 6 atom stereocenters. The number of benzene rings is 4. The molecule has 0 bridgehead atoms. The van der Waals surface area contributed by atoms with Crippen LogP contribution in [0.15, 0.2) is 85.3 Å². The lowest BCUT2D eigenvalue weighted by molar-refractivity contribution is -0.535. The van der Waals surface area contributed by atoms with E-state index in [0.717, 1.165) is 121 Å². The third-order valence-corrected chi connectivity index (χ3v) is 13.9.